The molecule has 0 fully saturated rings. The van der Waals surface area contributed by atoms with Crippen LogP contribution in [-0.4, -0.2) is 27.6 Å². The van der Waals surface area contributed by atoms with Gasteiger partial charge in [-0.1, -0.05) is 23.9 Å². The van der Waals surface area contributed by atoms with Crippen LogP contribution >= 0.6 is 11.8 Å². The summed E-state index contributed by atoms with van der Waals surface area (Å²) < 4.78 is 0. The number of aromatic amines is 1. The number of aryl methyl sites for hydroxylation is 1. The van der Waals surface area contributed by atoms with E-state index in [1.165, 1.54) is 24.3 Å². The molecule has 0 bridgehead atoms. The molecule has 0 saturated heterocycles. The zero-order valence-corrected chi connectivity index (χ0v) is 12.4. The molecule has 2 N–H and O–H groups in total. The molecule has 2 aromatic rings. The number of hydrogen-bond acceptors (Lipinski definition) is 6. The quantitative estimate of drug-likeness (QED) is 0.600. The van der Waals surface area contributed by atoms with Crippen molar-refractivity contribution in [2.75, 3.05) is 11.1 Å². The van der Waals surface area contributed by atoms with E-state index in [4.69, 9.17) is 0 Å². The van der Waals surface area contributed by atoms with Crippen LogP contribution in [0.25, 0.3) is 0 Å². The first-order valence-corrected chi connectivity index (χ1v) is 7.24. The molecule has 2 rings (SSSR count). The Balaban J connectivity index is 1.97. The topological polar surface area (TPSA) is 115 Å². The van der Waals surface area contributed by atoms with Crippen molar-refractivity contribution in [3.63, 3.8) is 0 Å². The highest BCUT2D eigenvalue weighted by Gasteiger charge is 2.06. The minimum atomic E-state index is -1.31. The number of rotatable bonds is 5. The van der Waals surface area contributed by atoms with Gasteiger partial charge in [0, 0.05) is 17.4 Å². The summed E-state index contributed by atoms with van der Waals surface area (Å²) in [6.07, 6.45) is 0. The second kappa shape index (κ2) is 6.90. The van der Waals surface area contributed by atoms with E-state index in [1.54, 1.807) is 13.0 Å². The molecule has 1 amide bonds. The van der Waals surface area contributed by atoms with E-state index in [-0.39, 0.29) is 22.8 Å². The monoisotopic (exact) mass is 318 g/mol. The average Bonchev–Trinajstić information content (AvgIpc) is 2.44. The molecule has 1 aromatic carbocycles. The number of nitrogens with zero attached hydrogens (tertiary/aromatic N) is 1. The van der Waals surface area contributed by atoms with Gasteiger partial charge in [0.1, 0.15) is 0 Å². The van der Waals surface area contributed by atoms with E-state index >= 15 is 0 Å². The van der Waals surface area contributed by atoms with Gasteiger partial charge < -0.3 is 20.2 Å². The van der Waals surface area contributed by atoms with Gasteiger partial charge in [-0.05, 0) is 24.6 Å². The number of carboxylic acids is 1. The van der Waals surface area contributed by atoms with Crippen molar-refractivity contribution >= 4 is 29.3 Å². The van der Waals surface area contributed by atoms with Crippen molar-refractivity contribution < 1.29 is 14.7 Å². The second-order valence-electron chi connectivity index (χ2n) is 4.40. The summed E-state index contributed by atoms with van der Waals surface area (Å²) in [5, 5.41) is 13.7. The van der Waals surface area contributed by atoms with E-state index in [0.29, 0.717) is 16.5 Å². The zero-order chi connectivity index (χ0) is 16.1. The number of hydrogen-bond donors (Lipinski definition) is 2. The summed E-state index contributed by atoms with van der Waals surface area (Å²) in [4.78, 5) is 40.5. The Morgan fingerprint density at radius 2 is 2.14 bits per heavy atom. The third-order valence-electron chi connectivity index (χ3n) is 2.57. The number of aromatic nitrogens is 2. The summed E-state index contributed by atoms with van der Waals surface area (Å²) in [7, 11) is 0. The Labute approximate surface area is 129 Å². The molecular weight excluding hydrogens is 306 g/mol. The fourth-order valence-electron chi connectivity index (χ4n) is 1.67. The van der Waals surface area contributed by atoms with Crippen LogP contribution in [0.5, 0.6) is 0 Å². The van der Waals surface area contributed by atoms with Crippen LogP contribution in [0.4, 0.5) is 5.69 Å². The van der Waals surface area contributed by atoms with Gasteiger partial charge in [0.2, 0.25) is 5.91 Å². The van der Waals surface area contributed by atoms with Crippen molar-refractivity contribution in [1.82, 2.24) is 9.97 Å². The van der Waals surface area contributed by atoms with Gasteiger partial charge in [-0.25, -0.2) is 4.98 Å². The van der Waals surface area contributed by atoms with Gasteiger partial charge in [0.05, 0.1) is 11.7 Å². The van der Waals surface area contributed by atoms with E-state index in [9.17, 15) is 19.5 Å². The van der Waals surface area contributed by atoms with E-state index < -0.39 is 5.97 Å². The molecular formula is C14H12N3O4S-. The first-order valence-electron chi connectivity index (χ1n) is 6.26. The first-order chi connectivity index (χ1) is 10.4. The standard InChI is InChI=1S/C14H13N3O4S/c1-8-5-11(18)17-14(15-8)22-7-12(19)16-10-4-2-3-9(6-10)13(20)21/h2-6H,7H2,1H3,(H,16,19)(H,20,21)(H,15,17,18)/p-1. The molecule has 0 radical (unpaired) electrons. The van der Waals surface area contributed by atoms with Crippen LogP contribution in [0, 0.1) is 6.92 Å². The van der Waals surface area contributed by atoms with Crippen molar-refractivity contribution in [2.24, 2.45) is 0 Å². The van der Waals surface area contributed by atoms with Crippen LogP contribution in [0.2, 0.25) is 0 Å². The van der Waals surface area contributed by atoms with Crippen LogP contribution in [0.1, 0.15) is 16.1 Å². The molecule has 0 aliphatic rings. The largest absolute Gasteiger partial charge is 0.545 e. The highest BCUT2D eigenvalue weighted by Crippen LogP contribution is 2.14. The number of aromatic carboxylic acids is 1. The smallest absolute Gasteiger partial charge is 0.251 e. The molecule has 7 nitrogen and oxygen atoms in total. The lowest BCUT2D eigenvalue weighted by Gasteiger charge is -2.08. The third kappa shape index (κ3) is 4.45. The van der Waals surface area contributed by atoms with Crippen molar-refractivity contribution in [1.29, 1.82) is 0 Å². The maximum absolute atomic E-state index is 11.8. The molecule has 1 aromatic heterocycles. The number of amides is 1. The minimum absolute atomic E-state index is 0.0184. The summed E-state index contributed by atoms with van der Waals surface area (Å²) >= 11 is 1.08. The molecule has 22 heavy (non-hydrogen) atoms. The molecule has 8 heteroatoms. The Morgan fingerprint density at radius 1 is 1.36 bits per heavy atom. The lowest BCUT2D eigenvalue weighted by atomic mass is 10.2. The van der Waals surface area contributed by atoms with Crippen LogP contribution in [0.3, 0.4) is 0 Å². The molecule has 0 aliphatic heterocycles. The predicted octanol–water partition coefficient (Wildman–Crippen LogP) is 0.173. The SMILES string of the molecule is Cc1cc(=O)[nH]c(SCC(=O)Nc2cccc(C(=O)[O-])c2)n1. The number of carbonyl (C=O) groups excluding carboxylic acids is 2. The zero-order valence-electron chi connectivity index (χ0n) is 11.6. The van der Waals surface area contributed by atoms with Crippen molar-refractivity contribution in [3.05, 3.63) is 51.9 Å². The van der Waals surface area contributed by atoms with Crippen LogP contribution in [-0.2, 0) is 4.79 Å². The fourth-order valence-corrected chi connectivity index (χ4v) is 2.40. The van der Waals surface area contributed by atoms with E-state index in [2.05, 4.69) is 15.3 Å². The normalized spacial score (nSPS) is 10.2. The second-order valence-corrected chi connectivity index (χ2v) is 5.36. The molecule has 0 saturated carbocycles. The number of H-pyrrole nitrogens is 1. The highest BCUT2D eigenvalue weighted by atomic mass is 32.2. The maximum Gasteiger partial charge on any atom is 0.251 e. The molecule has 0 unspecified atom stereocenters. The van der Waals surface area contributed by atoms with Gasteiger partial charge in [-0.2, -0.15) is 0 Å². The number of thioether (sulfide) groups is 1. The fraction of sp³-hybridized carbons (Fsp3) is 0.143. The van der Waals surface area contributed by atoms with E-state index in [0.717, 1.165) is 11.8 Å². The third-order valence-corrected chi connectivity index (χ3v) is 3.44. The maximum atomic E-state index is 11.8. The molecule has 114 valence electrons. The summed E-state index contributed by atoms with van der Waals surface area (Å²) in [5.41, 5.74) is 0.624. The lowest BCUT2D eigenvalue weighted by Crippen LogP contribution is -2.22. The summed E-state index contributed by atoms with van der Waals surface area (Å²) in [5.74, 6) is -1.63. The van der Waals surface area contributed by atoms with E-state index in [1.807, 2.05) is 0 Å². The number of carbonyl (C=O) groups is 2. The van der Waals surface area contributed by atoms with Gasteiger partial charge >= 0.3 is 0 Å². The lowest BCUT2D eigenvalue weighted by molar-refractivity contribution is -0.255. The molecule has 0 aliphatic carbocycles. The highest BCUT2D eigenvalue weighted by molar-refractivity contribution is 7.99. The summed E-state index contributed by atoms with van der Waals surface area (Å²) in [6.45, 7) is 1.69. The average molecular weight is 318 g/mol. The van der Waals surface area contributed by atoms with Gasteiger partial charge in [0.15, 0.2) is 5.16 Å². The molecule has 0 atom stereocenters. The van der Waals surface area contributed by atoms with Gasteiger partial charge in [-0.15, -0.1) is 0 Å². The Morgan fingerprint density at radius 3 is 2.82 bits per heavy atom. The minimum Gasteiger partial charge on any atom is -0.545 e. The Hall–Kier alpha value is -2.61. The molecule has 0 spiro atoms. The van der Waals surface area contributed by atoms with Crippen LogP contribution in [0.15, 0.2) is 40.3 Å². The van der Waals surface area contributed by atoms with Crippen molar-refractivity contribution in [3.8, 4) is 0 Å². The number of carboxylic acid groups (broad SMARTS) is 1. The van der Waals surface area contributed by atoms with Crippen LogP contribution < -0.4 is 16.0 Å². The number of nitrogens with one attached hydrogen (secondary N) is 2. The van der Waals surface area contributed by atoms with Gasteiger partial charge in [0.25, 0.3) is 5.56 Å². The summed E-state index contributed by atoms with van der Waals surface area (Å²) in [6, 6.07) is 7.12. The Bertz CT molecular complexity index is 773. The number of anilines is 1. The van der Waals surface area contributed by atoms with Gasteiger partial charge in [-0.3, -0.25) is 9.59 Å². The predicted molar refractivity (Wildman–Crippen MR) is 79.7 cm³/mol. The molecule has 1 heterocycles. The Kier molecular flexibility index (Phi) is 4.95. The van der Waals surface area contributed by atoms with Crippen molar-refractivity contribution in [2.45, 2.75) is 12.1 Å². The number of benzene rings is 1. The first kappa shape index (κ1) is 15.8.